The number of rotatable bonds is 0. The highest BCUT2D eigenvalue weighted by molar-refractivity contribution is 6.31. The molecular weight excluding hydrogens is 126 g/mol. The van der Waals surface area contributed by atoms with Crippen molar-refractivity contribution in [1.82, 2.24) is 0 Å². The Balaban J connectivity index is 2.56. The number of halogens is 1. The third kappa shape index (κ3) is 0.696. The zero-order chi connectivity index (χ0) is 6.20. The number of nitriles is 1. The van der Waals surface area contributed by atoms with Gasteiger partial charge in [0, 0.05) is 12.8 Å². The van der Waals surface area contributed by atoms with Gasteiger partial charge in [-0.3, -0.25) is 4.79 Å². The second-order valence-electron chi connectivity index (χ2n) is 1.97. The highest BCUT2D eigenvalue weighted by Gasteiger charge is 2.41. The lowest BCUT2D eigenvalue weighted by atomic mass is 9.84. The zero-order valence-electron chi connectivity index (χ0n) is 4.15. The molecule has 0 aromatic carbocycles. The SMILES string of the molecule is N#CC1(Cl)CC(=O)C1. The number of carbonyl (C=O) groups is 1. The largest absolute Gasteiger partial charge is 0.299 e. The van der Waals surface area contributed by atoms with Gasteiger partial charge in [0.05, 0.1) is 6.07 Å². The zero-order valence-corrected chi connectivity index (χ0v) is 4.90. The van der Waals surface area contributed by atoms with E-state index in [2.05, 4.69) is 0 Å². The lowest BCUT2D eigenvalue weighted by Crippen LogP contribution is -2.37. The molecule has 1 saturated carbocycles. The molecular formula is C5H4ClNO. The third-order valence-electron chi connectivity index (χ3n) is 1.16. The van der Waals surface area contributed by atoms with Gasteiger partial charge in [0.15, 0.2) is 0 Å². The monoisotopic (exact) mass is 129 g/mol. The van der Waals surface area contributed by atoms with Crippen LogP contribution < -0.4 is 0 Å². The molecule has 1 aliphatic carbocycles. The second-order valence-corrected chi connectivity index (χ2v) is 2.69. The summed E-state index contributed by atoms with van der Waals surface area (Å²) in [6.45, 7) is 0. The number of Topliss-reactive ketones (excluding diaryl/α,β-unsaturated/α-hetero) is 1. The van der Waals surface area contributed by atoms with Gasteiger partial charge in [-0.2, -0.15) is 5.26 Å². The molecule has 0 unspecified atom stereocenters. The molecule has 3 heteroatoms. The Morgan fingerprint density at radius 3 is 2.38 bits per heavy atom. The fourth-order valence-electron chi connectivity index (χ4n) is 0.652. The maximum Gasteiger partial charge on any atom is 0.144 e. The molecule has 0 saturated heterocycles. The van der Waals surface area contributed by atoms with E-state index in [4.69, 9.17) is 16.9 Å². The number of alkyl halides is 1. The van der Waals surface area contributed by atoms with E-state index in [-0.39, 0.29) is 18.6 Å². The molecule has 42 valence electrons. The van der Waals surface area contributed by atoms with Crippen LogP contribution in [0.1, 0.15) is 12.8 Å². The Bertz CT molecular complexity index is 162. The standard InChI is InChI=1S/C5H4ClNO/c6-5(3-7)1-4(8)2-5/h1-2H2. The second kappa shape index (κ2) is 1.46. The average molecular weight is 130 g/mol. The summed E-state index contributed by atoms with van der Waals surface area (Å²) in [5, 5.41) is 8.23. The van der Waals surface area contributed by atoms with E-state index in [9.17, 15) is 4.79 Å². The number of ketones is 1. The van der Waals surface area contributed by atoms with Crippen molar-refractivity contribution in [2.24, 2.45) is 0 Å². The highest BCUT2D eigenvalue weighted by atomic mass is 35.5. The summed E-state index contributed by atoms with van der Waals surface area (Å²) < 4.78 is 0. The Hall–Kier alpha value is -0.550. The predicted octanol–water partition coefficient (Wildman–Crippen LogP) is 0.850. The fraction of sp³-hybridized carbons (Fsp3) is 0.600. The van der Waals surface area contributed by atoms with E-state index in [1.165, 1.54) is 0 Å². The molecule has 0 aliphatic heterocycles. The smallest absolute Gasteiger partial charge is 0.144 e. The van der Waals surface area contributed by atoms with Crippen LogP contribution in [0.3, 0.4) is 0 Å². The molecule has 0 bridgehead atoms. The molecule has 0 spiro atoms. The number of hydrogen-bond acceptors (Lipinski definition) is 2. The number of nitrogens with zero attached hydrogens (tertiary/aromatic N) is 1. The van der Waals surface area contributed by atoms with Gasteiger partial charge >= 0.3 is 0 Å². The minimum atomic E-state index is -0.836. The van der Waals surface area contributed by atoms with Gasteiger partial charge in [-0.05, 0) is 0 Å². The van der Waals surface area contributed by atoms with Crippen molar-refractivity contribution in [3.05, 3.63) is 0 Å². The summed E-state index contributed by atoms with van der Waals surface area (Å²) in [6, 6.07) is 1.85. The summed E-state index contributed by atoms with van der Waals surface area (Å²) in [6.07, 6.45) is 0.454. The minimum absolute atomic E-state index is 0.0848. The van der Waals surface area contributed by atoms with Crippen LogP contribution >= 0.6 is 11.6 Å². The van der Waals surface area contributed by atoms with E-state index in [1.54, 1.807) is 0 Å². The molecule has 0 amide bonds. The van der Waals surface area contributed by atoms with Gasteiger partial charge < -0.3 is 0 Å². The van der Waals surface area contributed by atoms with E-state index < -0.39 is 4.87 Å². The summed E-state index contributed by atoms with van der Waals surface area (Å²) in [5.41, 5.74) is 0. The maximum absolute atomic E-state index is 10.2. The molecule has 1 fully saturated rings. The van der Waals surface area contributed by atoms with Crippen molar-refractivity contribution >= 4 is 17.4 Å². The number of hydrogen-bond donors (Lipinski definition) is 0. The summed E-state index contributed by atoms with van der Waals surface area (Å²) >= 11 is 5.50. The van der Waals surface area contributed by atoms with Crippen LogP contribution in [0, 0.1) is 11.3 Å². The summed E-state index contributed by atoms with van der Waals surface area (Å²) in [4.78, 5) is 9.40. The van der Waals surface area contributed by atoms with Gasteiger partial charge in [-0.1, -0.05) is 0 Å². The molecule has 2 nitrogen and oxygen atoms in total. The van der Waals surface area contributed by atoms with Gasteiger partial charge in [0.1, 0.15) is 10.7 Å². The van der Waals surface area contributed by atoms with Crippen molar-refractivity contribution in [1.29, 1.82) is 5.26 Å². The quantitative estimate of drug-likeness (QED) is 0.455. The Morgan fingerprint density at radius 2 is 2.25 bits per heavy atom. The summed E-state index contributed by atoms with van der Waals surface area (Å²) in [5.74, 6) is 0.0848. The average Bonchev–Trinajstić information content (AvgIpc) is 1.63. The van der Waals surface area contributed by atoms with E-state index in [0.29, 0.717) is 0 Å². The minimum Gasteiger partial charge on any atom is -0.299 e. The van der Waals surface area contributed by atoms with Crippen molar-refractivity contribution < 1.29 is 4.79 Å². The first-order valence-electron chi connectivity index (χ1n) is 2.28. The Labute approximate surface area is 52.1 Å². The van der Waals surface area contributed by atoms with E-state index >= 15 is 0 Å². The van der Waals surface area contributed by atoms with Crippen LogP contribution in [0.2, 0.25) is 0 Å². The highest BCUT2D eigenvalue weighted by Crippen LogP contribution is 2.34. The van der Waals surface area contributed by atoms with Crippen LogP contribution in [0.25, 0.3) is 0 Å². The molecule has 0 N–H and O–H groups in total. The third-order valence-corrected chi connectivity index (χ3v) is 1.51. The molecule has 1 rings (SSSR count). The number of carbonyl (C=O) groups excluding carboxylic acids is 1. The molecule has 0 aromatic rings. The fourth-order valence-corrected chi connectivity index (χ4v) is 0.950. The van der Waals surface area contributed by atoms with Crippen LogP contribution in [0.15, 0.2) is 0 Å². The van der Waals surface area contributed by atoms with Crippen molar-refractivity contribution in [3.8, 4) is 6.07 Å². The first kappa shape index (κ1) is 5.58. The lowest BCUT2D eigenvalue weighted by molar-refractivity contribution is -0.124. The van der Waals surface area contributed by atoms with E-state index in [1.807, 2.05) is 6.07 Å². The van der Waals surface area contributed by atoms with Gasteiger partial charge in [0.25, 0.3) is 0 Å². The maximum atomic E-state index is 10.2. The van der Waals surface area contributed by atoms with Gasteiger partial charge in [0.2, 0.25) is 0 Å². The van der Waals surface area contributed by atoms with Crippen LogP contribution in [-0.4, -0.2) is 10.7 Å². The van der Waals surface area contributed by atoms with Crippen molar-refractivity contribution in [2.45, 2.75) is 17.7 Å². The summed E-state index contributed by atoms with van der Waals surface area (Å²) in [7, 11) is 0. The Morgan fingerprint density at radius 1 is 1.75 bits per heavy atom. The van der Waals surface area contributed by atoms with Crippen LogP contribution in [-0.2, 0) is 4.79 Å². The first-order chi connectivity index (χ1) is 3.66. The van der Waals surface area contributed by atoms with Gasteiger partial charge in [-0.15, -0.1) is 11.6 Å². The first-order valence-corrected chi connectivity index (χ1v) is 2.66. The van der Waals surface area contributed by atoms with Crippen molar-refractivity contribution in [2.75, 3.05) is 0 Å². The molecule has 0 heterocycles. The molecule has 0 aromatic heterocycles. The lowest BCUT2D eigenvalue weighted by Gasteiger charge is -2.25. The normalized spacial score (nSPS) is 23.8. The topological polar surface area (TPSA) is 40.9 Å². The van der Waals surface area contributed by atoms with Crippen LogP contribution in [0.5, 0.6) is 0 Å². The van der Waals surface area contributed by atoms with Crippen LogP contribution in [0.4, 0.5) is 0 Å². The molecule has 0 atom stereocenters. The van der Waals surface area contributed by atoms with Crippen molar-refractivity contribution in [3.63, 3.8) is 0 Å². The van der Waals surface area contributed by atoms with Gasteiger partial charge in [-0.25, -0.2) is 0 Å². The predicted molar refractivity (Wildman–Crippen MR) is 28.4 cm³/mol. The molecule has 8 heavy (non-hydrogen) atoms. The molecule has 0 radical (unpaired) electrons. The Kier molecular flexibility index (Phi) is 1.02. The molecule has 1 aliphatic rings. The van der Waals surface area contributed by atoms with E-state index in [0.717, 1.165) is 0 Å².